The van der Waals surface area contributed by atoms with Gasteiger partial charge in [-0.05, 0) is 62.6 Å². The molecule has 4 rings (SSSR count). The Kier molecular flexibility index (Phi) is 8.92. The first-order chi connectivity index (χ1) is 18.9. The molecule has 5 N–H and O–H groups in total. The molecule has 0 saturated carbocycles. The maximum Gasteiger partial charge on any atom is 0.247 e. The second-order valence-corrected chi connectivity index (χ2v) is 11.8. The van der Waals surface area contributed by atoms with Gasteiger partial charge in [-0.3, -0.25) is 9.59 Å². The molecule has 1 saturated heterocycles. The number of anilines is 3. The van der Waals surface area contributed by atoms with Crippen molar-refractivity contribution in [3.05, 3.63) is 53.6 Å². The van der Waals surface area contributed by atoms with Crippen LogP contribution in [0.3, 0.4) is 0 Å². The molecule has 40 heavy (non-hydrogen) atoms. The van der Waals surface area contributed by atoms with Gasteiger partial charge in [-0.15, -0.1) is 0 Å². The Morgan fingerprint density at radius 3 is 2.65 bits per heavy atom. The molecular weight excluding hydrogens is 533 g/mol. The van der Waals surface area contributed by atoms with Gasteiger partial charge in [0.1, 0.15) is 18.2 Å². The van der Waals surface area contributed by atoms with Crippen LogP contribution in [-0.2, 0) is 9.59 Å². The fourth-order valence-electron chi connectivity index (χ4n) is 5.26. The van der Waals surface area contributed by atoms with Crippen LogP contribution < -0.4 is 21.7 Å². The summed E-state index contributed by atoms with van der Waals surface area (Å²) >= 11 is 5.93. The van der Waals surface area contributed by atoms with Crippen molar-refractivity contribution in [3.63, 3.8) is 0 Å². The highest BCUT2D eigenvalue weighted by molar-refractivity contribution is 6.31. The van der Waals surface area contributed by atoms with Gasteiger partial charge < -0.3 is 26.6 Å². The number of hydrogen-bond donors (Lipinski definition) is 4. The minimum Gasteiger partial charge on any atom is -0.337 e. The number of nitrogens with one attached hydrogen (secondary N) is 3. The van der Waals surface area contributed by atoms with Crippen LogP contribution in [-0.4, -0.2) is 58.4 Å². The van der Waals surface area contributed by atoms with Crippen LogP contribution >= 0.6 is 11.6 Å². The standard InChI is InChI=1S/C29H37ClFN7O2/c1-16(33-5)25(32)23(29(2,3)4)28(40)38-13-7-10-22(38)27(39)36-17-11-12-20-18(14-17)26(35-15-34-20)37-21-9-6-8-19(30)24(21)31/h6,8-9,11-12,14-16,22-23,25,33H,7,10,13,32H2,1-5H3,(H,36,39)(H,34,35,37)/t16-,22-,23-,25?/m0/s1. The van der Waals surface area contributed by atoms with Crippen LogP contribution in [0.25, 0.3) is 10.9 Å². The van der Waals surface area contributed by atoms with E-state index in [9.17, 15) is 14.0 Å². The van der Waals surface area contributed by atoms with Gasteiger partial charge in [0.05, 0.1) is 22.1 Å². The Hall–Kier alpha value is -3.34. The summed E-state index contributed by atoms with van der Waals surface area (Å²) in [6.07, 6.45) is 2.66. The monoisotopic (exact) mass is 569 g/mol. The van der Waals surface area contributed by atoms with Gasteiger partial charge in [0, 0.05) is 29.7 Å². The molecule has 1 fully saturated rings. The van der Waals surface area contributed by atoms with Gasteiger partial charge in [-0.25, -0.2) is 14.4 Å². The molecule has 1 unspecified atom stereocenters. The molecule has 0 spiro atoms. The summed E-state index contributed by atoms with van der Waals surface area (Å²) in [6.45, 7) is 8.45. The number of fused-ring (bicyclic) bond motifs is 1. The molecule has 1 aromatic heterocycles. The summed E-state index contributed by atoms with van der Waals surface area (Å²) in [5, 5.41) is 9.65. The van der Waals surface area contributed by atoms with Crippen molar-refractivity contribution >= 4 is 51.5 Å². The first-order valence-electron chi connectivity index (χ1n) is 13.4. The molecule has 3 aromatic rings. The van der Waals surface area contributed by atoms with Crippen molar-refractivity contribution in [2.24, 2.45) is 17.1 Å². The minimum atomic E-state index is -0.615. The van der Waals surface area contributed by atoms with Gasteiger partial charge >= 0.3 is 0 Å². The topological polar surface area (TPSA) is 125 Å². The molecule has 214 valence electrons. The van der Waals surface area contributed by atoms with Gasteiger partial charge in [0.25, 0.3) is 0 Å². The van der Waals surface area contributed by atoms with Crippen molar-refractivity contribution in [1.29, 1.82) is 0 Å². The summed E-state index contributed by atoms with van der Waals surface area (Å²) in [5.74, 6) is -1.09. The number of carbonyl (C=O) groups excluding carboxylic acids is 2. The molecule has 4 atom stereocenters. The summed E-state index contributed by atoms with van der Waals surface area (Å²) in [7, 11) is 1.82. The average Bonchev–Trinajstić information content (AvgIpc) is 3.41. The molecule has 11 heteroatoms. The van der Waals surface area contributed by atoms with E-state index in [1.54, 1.807) is 35.2 Å². The van der Waals surface area contributed by atoms with E-state index in [1.807, 2.05) is 34.7 Å². The lowest BCUT2D eigenvalue weighted by Gasteiger charge is -2.40. The average molecular weight is 570 g/mol. The van der Waals surface area contributed by atoms with Crippen LogP contribution in [0, 0.1) is 17.2 Å². The Bertz CT molecular complexity index is 1400. The second-order valence-electron chi connectivity index (χ2n) is 11.4. The minimum absolute atomic E-state index is 0.0120. The number of nitrogens with zero attached hydrogens (tertiary/aromatic N) is 3. The Balaban J connectivity index is 1.57. The Morgan fingerprint density at radius 2 is 1.95 bits per heavy atom. The molecule has 0 aliphatic carbocycles. The quantitative estimate of drug-likeness (QED) is 0.310. The zero-order chi connectivity index (χ0) is 29.2. The van der Waals surface area contributed by atoms with Crippen LogP contribution in [0.15, 0.2) is 42.7 Å². The second kappa shape index (κ2) is 12.0. The van der Waals surface area contributed by atoms with E-state index in [1.165, 1.54) is 12.4 Å². The summed E-state index contributed by atoms with van der Waals surface area (Å²) in [4.78, 5) is 37.6. The van der Waals surface area contributed by atoms with Crippen LogP contribution in [0.2, 0.25) is 5.02 Å². The normalized spacial score (nSPS) is 17.9. The van der Waals surface area contributed by atoms with Crippen molar-refractivity contribution < 1.29 is 14.0 Å². The number of rotatable bonds is 8. The maximum atomic E-state index is 14.5. The van der Waals surface area contributed by atoms with Crippen LogP contribution in [0.4, 0.5) is 21.6 Å². The van der Waals surface area contributed by atoms with E-state index in [-0.39, 0.29) is 28.6 Å². The van der Waals surface area contributed by atoms with Crippen molar-refractivity contribution in [3.8, 4) is 0 Å². The summed E-state index contributed by atoms with van der Waals surface area (Å²) < 4.78 is 14.5. The zero-order valence-corrected chi connectivity index (χ0v) is 24.2. The van der Waals surface area contributed by atoms with E-state index in [2.05, 4.69) is 25.9 Å². The number of likely N-dealkylation sites (N-methyl/N-ethyl adjacent to an activating group) is 1. The number of nitrogens with two attached hydrogens (primary N) is 1. The summed E-state index contributed by atoms with van der Waals surface area (Å²) in [6, 6.07) is 8.75. The molecule has 1 aliphatic heterocycles. The molecule has 1 aliphatic rings. The molecular formula is C29H37ClFN7O2. The number of amides is 2. The third-order valence-corrected chi connectivity index (χ3v) is 7.85. The molecule has 9 nitrogen and oxygen atoms in total. The van der Waals surface area contributed by atoms with Gasteiger partial charge in [-0.1, -0.05) is 38.4 Å². The molecule has 0 bridgehead atoms. The van der Waals surface area contributed by atoms with Crippen molar-refractivity contribution in [1.82, 2.24) is 20.2 Å². The lowest BCUT2D eigenvalue weighted by atomic mass is 9.73. The highest BCUT2D eigenvalue weighted by Crippen LogP contribution is 2.34. The first-order valence-corrected chi connectivity index (χ1v) is 13.8. The number of hydrogen-bond acceptors (Lipinski definition) is 7. The number of carbonyl (C=O) groups is 2. The van der Waals surface area contributed by atoms with Crippen molar-refractivity contribution in [2.75, 3.05) is 24.2 Å². The third kappa shape index (κ3) is 6.19. The lowest BCUT2D eigenvalue weighted by molar-refractivity contribution is -0.144. The smallest absolute Gasteiger partial charge is 0.247 e. The third-order valence-electron chi connectivity index (χ3n) is 7.56. The lowest BCUT2D eigenvalue weighted by Crippen LogP contribution is -2.57. The largest absolute Gasteiger partial charge is 0.337 e. The SMILES string of the molecule is CN[C@@H](C)C(N)[C@@H](C(=O)N1CCC[C@H]1C(=O)Nc1ccc2ncnc(Nc3cccc(Cl)c3F)c2c1)C(C)(C)C. The van der Waals surface area contributed by atoms with Gasteiger partial charge in [0.2, 0.25) is 11.8 Å². The summed E-state index contributed by atoms with van der Waals surface area (Å²) in [5.41, 5.74) is 7.44. The number of halogens is 2. The molecule has 0 radical (unpaired) electrons. The molecule has 2 aromatic carbocycles. The number of likely N-dealkylation sites (tertiary alicyclic amines) is 1. The first kappa shape index (κ1) is 29.6. The predicted octanol–water partition coefficient (Wildman–Crippen LogP) is 4.69. The van der Waals surface area contributed by atoms with Gasteiger partial charge in [0.15, 0.2) is 5.82 Å². The van der Waals surface area contributed by atoms with Crippen LogP contribution in [0.1, 0.15) is 40.5 Å². The fraction of sp³-hybridized carbons (Fsp3) is 0.448. The fourth-order valence-corrected chi connectivity index (χ4v) is 5.44. The van der Waals surface area contributed by atoms with Gasteiger partial charge in [-0.2, -0.15) is 0 Å². The number of benzene rings is 2. The molecule has 2 heterocycles. The Labute approximate surface area is 239 Å². The Morgan fingerprint density at radius 1 is 1.20 bits per heavy atom. The van der Waals surface area contributed by atoms with E-state index in [4.69, 9.17) is 17.3 Å². The zero-order valence-electron chi connectivity index (χ0n) is 23.5. The highest BCUT2D eigenvalue weighted by atomic mass is 35.5. The molecule has 2 amide bonds. The van der Waals surface area contributed by atoms with E-state index in [0.29, 0.717) is 35.4 Å². The predicted molar refractivity (Wildman–Crippen MR) is 157 cm³/mol. The van der Waals surface area contributed by atoms with Crippen molar-refractivity contribution in [2.45, 2.75) is 58.7 Å². The van der Waals surface area contributed by atoms with E-state index < -0.39 is 29.2 Å². The maximum absolute atomic E-state index is 14.5. The van der Waals surface area contributed by atoms with Crippen LogP contribution in [0.5, 0.6) is 0 Å². The van der Waals surface area contributed by atoms with E-state index >= 15 is 0 Å². The van der Waals surface area contributed by atoms with E-state index in [0.717, 1.165) is 6.42 Å². The number of aromatic nitrogens is 2. The highest BCUT2D eigenvalue weighted by Gasteiger charge is 2.44.